The van der Waals surface area contributed by atoms with Crippen LogP contribution in [-0.2, 0) is 17.8 Å². The fourth-order valence-corrected chi connectivity index (χ4v) is 4.24. The van der Waals surface area contributed by atoms with E-state index in [1.54, 1.807) is 0 Å². The van der Waals surface area contributed by atoms with E-state index in [4.69, 9.17) is 0 Å². The van der Waals surface area contributed by atoms with Gasteiger partial charge in [0.2, 0.25) is 0 Å². The Morgan fingerprint density at radius 3 is 2.65 bits per heavy atom. The number of carboxylic acid groups (broad SMARTS) is 1. The van der Waals surface area contributed by atoms with E-state index in [9.17, 15) is 9.90 Å². The van der Waals surface area contributed by atoms with Crippen LogP contribution in [0.1, 0.15) is 37.3 Å². The fraction of sp³-hybridized carbons (Fsp3) is 0.588. The van der Waals surface area contributed by atoms with Crippen molar-refractivity contribution in [2.45, 2.75) is 45.2 Å². The highest BCUT2D eigenvalue weighted by Crippen LogP contribution is 2.48. The molecule has 108 valence electrons. The summed E-state index contributed by atoms with van der Waals surface area (Å²) >= 11 is 0. The maximum absolute atomic E-state index is 11.5. The van der Waals surface area contributed by atoms with E-state index >= 15 is 0 Å². The number of fused-ring (bicyclic) bond motifs is 2. The standard InChI is InChI=1S/C17H23NO2/c1-2-11-5-3-4-6-14(11)10-18-16-13-8-7-12(9-13)15(16)17(19)20/h3-6,12-13,15-16,18H,2,7-10H2,1H3,(H,19,20). The molecule has 0 aromatic heterocycles. The molecule has 3 nitrogen and oxygen atoms in total. The van der Waals surface area contributed by atoms with Gasteiger partial charge in [0.25, 0.3) is 0 Å². The summed E-state index contributed by atoms with van der Waals surface area (Å²) in [6, 6.07) is 8.60. The normalized spacial score (nSPS) is 31.6. The van der Waals surface area contributed by atoms with E-state index < -0.39 is 5.97 Å². The third kappa shape index (κ3) is 2.35. The summed E-state index contributed by atoms with van der Waals surface area (Å²) in [5.41, 5.74) is 2.66. The van der Waals surface area contributed by atoms with Gasteiger partial charge in [-0.1, -0.05) is 31.2 Å². The fourth-order valence-electron chi connectivity index (χ4n) is 4.24. The lowest BCUT2D eigenvalue weighted by Crippen LogP contribution is -2.43. The average Bonchev–Trinajstić information content (AvgIpc) is 3.05. The largest absolute Gasteiger partial charge is 0.481 e. The van der Waals surface area contributed by atoms with Crippen LogP contribution in [0.25, 0.3) is 0 Å². The number of aliphatic carboxylic acids is 1. The average molecular weight is 273 g/mol. The van der Waals surface area contributed by atoms with Gasteiger partial charge in [-0.25, -0.2) is 0 Å². The van der Waals surface area contributed by atoms with E-state index in [2.05, 4.69) is 36.5 Å². The topological polar surface area (TPSA) is 49.3 Å². The first-order valence-electron chi connectivity index (χ1n) is 7.73. The molecule has 0 spiro atoms. The molecule has 2 fully saturated rings. The second-order valence-electron chi connectivity index (χ2n) is 6.23. The molecule has 1 aromatic carbocycles. The summed E-state index contributed by atoms with van der Waals surface area (Å²) in [4.78, 5) is 11.5. The molecule has 4 unspecified atom stereocenters. The predicted octanol–water partition coefficient (Wildman–Crippen LogP) is 2.84. The van der Waals surface area contributed by atoms with Gasteiger partial charge in [0, 0.05) is 12.6 Å². The van der Waals surface area contributed by atoms with Crippen LogP contribution < -0.4 is 5.32 Å². The van der Waals surface area contributed by atoms with E-state index in [0.29, 0.717) is 11.8 Å². The molecule has 3 rings (SSSR count). The van der Waals surface area contributed by atoms with E-state index in [-0.39, 0.29) is 12.0 Å². The van der Waals surface area contributed by atoms with Gasteiger partial charge < -0.3 is 10.4 Å². The Kier molecular flexibility index (Phi) is 3.79. The second kappa shape index (κ2) is 5.57. The Labute approximate surface area is 120 Å². The minimum Gasteiger partial charge on any atom is -0.481 e. The van der Waals surface area contributed by atoms with Gasteiger partial charge >= 0.3 is 5.97 Å². The molecule has 3 heteroatoms. The smallest absolute Gasteiger partial charge is 0.308 e. The molecule has 0 amide bonds. The SMILES string of the molecule is CCc1ccccc1CNC1C2CCC(C2)C1C(=O)O. The van der Waals surface area contributed by atoms with Gasteiger partial charge in [0.05, 0.1) is 5.92 Å². The molecular formula is C17H23NO2. The van der Waals surface area contributed by atoms with Crippen molar-refractivity contribution >= 4 is 5.97 Å². The summed E-state index contributed by atoms with van der Waals surface area (Å²) in [6.45, 7) is 2.96. The number of aryl methyl sites for hydroxylation is 1. The number of rotatable bonds is 5. The van der Waals surface area contributed by atoms with Crippen LogP contribution in [0.4, 0.5) is 0 Å². The van der Waals surface area contributed by atoms with Crippen LogP contribution in [0.3, 0.4) is 0 Å². The zero-order valence-electron chi connectivity index (χ0n) is 12.0. The molecule has 2 N–H and O–H groups in total. The summed E-state index contributed by atoms with van der Waals surface area (Å²) < 4.78 is 0. The third-order valence-corrected chi connectivity index (χ3v) is 5.23. The first kappa shape index (κ1) is 13.6. The first-order valence-corrected chi connectivity index (χ1v) is 7.73. The van der Waals surface area contributed by atoms with Crippen molar-refractivity contribution < 1.29 is 9.90 Å². The highest BCUT2D eigenvalue weighted by atomic mass is 16.4. The Morgan fingerprint density at radius 2 is 1.95 bits per heavy atom. The minimum absolute atomic E-state index is 0.163. The van der Waals surface area contributed by atoms with Crippen molar-refractivity contribution in [1.29, 1.82) is 0 Å². The van der Waals surface area contributed by atoms with Crippen molar-refractivity contribution in [3.8, 4) is 0 Å². The van der Waals surface area contributed by atoms with Crippen LogP contribution in [0, 0.1) is 17.8 Å². The Morgan fingerprint density at radius 1 is 1.25 bits per heavy atom. The molecule has 2 aliphatic carbocycles. The van der Waals surface area contributed by atoms with Crippen LogP contribution in [0.15, 0.2) is 24.3 Å². The Balaban J connectivity index is 1.70. The van der Waals surface area contributed by atoms with Gasteiger partial charge in [-0.05, 0) is 48.6 Å². The molecule has 2 bridgehead atoms. The molecule has 0 heterocycles. The molecule has 1 aromatic rings. The summed E-state index contributed by atoms with van der Waals surface area (Å²) in [6.07, 6.45) is 4.42. The summed E-state index contributed by atoms with van der Waals surface area (Å²) in [5, 5.41) is 13.0. The van der Waals surface area contributed by atoms with Gasteiger partial charge in [-0.3, -0.25) is 4.79 Å². The highest BCUT2D eigenvalue weighted by Gasteiger charge is 2.50. The van der Waals surface area contributed by atoms with E-state index in [1.165, 1.54) is 17.5 Å². The monoisotopic (exact) mass is 273 g/mol. The van der Waals surface area contributed by atoms with Gasteiger partial charge in [-0.2, -0.15) is 0 Å². The van der Waals surface area contributed by atoms with Crippen LogP contribution >= 0.6 is 0 Å². The molecule has 0 saturated heterocycles. The molecular weight excluding hydrogens is 250 g/mol. The van der Waals surface area contributed by atoms with E-state index in [0.717, 1.165) is 25.8 Å². The maximum atomic E-state index is 11.5. The zero-order valence-corrected chi connectivity index (χ0v) is 12.0. The lowest BCUT2D eigenvalue weighted by molar-refractivity contribution is -0.144. The first-order chi connectivity index (χ1) is 9.70. The van der Waals surface area contributed by atoms with Gasteiger partial charge in [-0.15, -0.1) is 0 Å². The van der Waals surface area contributed by atoms with Crippen molar-refractivity contribution in [1.82, 2.24) is 5.32 Å². The number of nitrogens with one attached hydrogen (secondary N) is 1. The van der Waals surface area contributed by atoms with Crippen LogP contribution in [0.5, 0.6) is 0 Å². The van der Waals surface area contributed by atoms with Crippen molar-refractivity contribution in [2.24, 2.45) is 17.8 Å². The van der Waals surface area contributed by atoms with E-state index in [1.807, 2.05) is 0 Å². The number of hydrogen-bond donors (Lipinski definition) is 2. The highest BCUT2D eigenvalue weighted by molar-refractivity contribution is 5.72. The van der Waals surface area contributed by atoms with Crippen molar-refractivity contribution in [2.75, 3.05) is 0 Å². The lowest BCUT2D eigenvalue weighted by atomic mass is 9.84. The number of carboxylic acids is 1. The van der Waals surface area contributed by atoms with Gasteiger partial charge in [0.1, 0.15) is 0 Å². The van der Waals surface area contributed by atoms with Crippen molar-refractivity contribution in [3.05, 3.63) is 35.4 Å². The van der Waals surface area contributed by atoms with Crippen LogP contribution in [0.2, 0.25) is 0 Å². The third-order valence-electron chi connectivity index (χ3n) is 5.23. The van der Waals surface area contributed by atoms with Crippen LogP contribution in [-0.4, -0.2) is 17.1 Å². The number of hydrogen-bond acceptors (Lipinski definition) is 2. The molecule has 0 aliphatic heterocycles. The maximum Gasteiger partial charge on any atom is 0.308 e. The second-order valence-corrected chi connectivity index (χ2v) is 6.23. The summed E-state index contributed by atoms with van der Waals surface area (Å²) in [5.74, 6) is 0.173. The van der Waals surface area contributed by atoms with Crippen molar-refractivity contribution in [3.63, 3.8) is 0 Å². The Bertz CT molecular complexity index is 500. The molecule has 4 atom stereocenters. The molecule has 2 aliphatic rings. The van der Waals surface area contributed by atoms with Gasteiger partial charge in [0.15, 0.2) is 0 Å². The Hall–Kier alpha value is -1.35. The molecule has 2 saturated carbocycles. The minimum atomic E-state index is -0.613. The summed E-state index contributed by atoms with van der Waals surface area (Å²) in [7, 11) is 0. The number of carbonyl (C=O) groups is 1. The zero-order chi connectivity index (χ0) is 14.1. The number of benzene rings is 1. The quantitative estimate of drug-likeness (QED) is 0.867. The molecule has 0 radical (unpaired) electrons. The lowest BCUT2D eigenvalue weighted by Gasteiger charge is -2.29. The predicted molar refractivity (Wildman–Crippen MR) is 78.4 cm³/mol. The molecule has 20 heavy (non-hydrogen) atoms.